The molecule has 2 rings (SSSR count). The van der Waals surface area contributed by atoms with Gasteiger partial charge in [-0.25, -0.2) is 4.79 Å². The quantitative estimate of drug-likeness (QED) is 0.874. The van der Waals surface area contributed by atoms with E-state index in [1.165, 1.54) is 6.07 Å². The van der Waals surface area contributed by atoms with Gasteiger partial charge in [-0.05, 0) is 41.1 Å². The molecule has 20 heavy (non-hydrogen) atoms. The third kappa shape index (κ3) is 2.62. The third-order valence-corrected chi connectivity index (χ3v) is 3.30. The summed E-state index contributed by atoms with van der Waals surface area (Å²) < 4.78 is 11.6. The highest BCUT2D eigenvalue weighted by atomic mass is 79.9. The maximum atomic E-state index is 10.9. The first-order valence-corrected chi connectivity index (χ1v) is 6.66. The minimum absolute atomic E-state index is 0.0113. The number of carbonyl (C=O) groups is 1. The summed E-state index contributed by atoms with van der Waals surface area (Å²) in [5.41, 5.74) is 1.13. The van der Waals surface area contributed by atoms with Crippen molar-refractivity contribution in [3.63, 3.8) is 0 Å². The number of aromatic carboxylic acids is 1. The van der Waals surface area contributed by atoms with Crippen LogP contribution in [0.4, 0.5) is 0 Å². The summed E-state index contributed by atoms with van der Waals surface area (Å²) in [5, 5.41) is 15.4. The van der Waals surface area contributed by atoms with E-state index in [0.29, 0.717) is 29.4 Å². The van der Waals surface area contributed by atoms with Crippen LogP contribution in [-0.4, -0.2) is 35.0 Å². The molecular weight excluding hydrogens is 328 g/mol. The number of ether oxygens (including phenoxy) is 2. The lowest BCUT2D eigenvalue weighted by atomic mass is 10.1. The van der Waals surface area contributed by atoms with Gasteiger partial charge < -0.3 is 14.6 Å². The largest absolute Gasteiger partial charge is 0.493 e. The second kappa shape index (κ2) is 5.96. The van der Waals surface area contributed by atoms with Gasteiger partial charge in [0.15, 0.2) is 11.5 Å². The summed E-state index contributed by atoms with van der Waals surface area (Å²) >= 11 is 3.43. The van der Waals surface area contributed by atoms with Crippen LogP contribution in [0.15, 0.2) is 22.7 Å². The SMILES string of the molecule is CCOc1c(OC)ccc(Br)c1-c1cc(C(=O)O)[nH]n1. The van der Waals surface area contributed by atoms with Crippen molar-refractivity contribution in [2.75, 3.05) is 13.7 Å². The van der Waals surface area contributed by atoms with Gasteiger partial charge in [0.2, 0.25) is 0 Å². The van der Waals surface area contributed by atoms with Crippen LogP contribution >= 0.6 is 15.9 Å². The number of aromatic nitrogens is 2. The van der Waals surface area contributed by atoms with Crippen molar-refractivity contribution in [2.45, 2.75) is 6.92 Å². The van der Waals surface area contributed by atoms with E-state index in [1.54, 1.807) is 19.2 Å². The van der Waals surface area contributed by atoms with Gasteiger partial charge in [0.25, 0.3) is 0 Å². The summed E-state index contributed by atoms with van der Waals surface area (Å²) in [5.74, 6) is 0.0125. The van der Waals surface area contributed by atoms with Crippen molar-refractivity contribution < 1.29 is 19.4 Å². The molecule has 0 unspecified atom stereocenters. The molecule has 0 spiro atoms. The molecule has 1 aromatic carbocycles. The Hall–Kier alpha value is -2.02. The Bertz CT molecular complexity index is 639. The van der Waals surface area contributed by atoms with Gasteiger partial charge in [-0.1, -0.05) is 0 Å². The van der Waals surface area contributed by atoms with Gasteiger partial charge >= 0.3 is 5.97 Å². The third-order valence-electron chi connectivity index (χ3n) is 2.64. The number of nitrogens with zero attached hydrogens (tertiary/aromatic N) is 1. The van der Waals surface area contributed by atoms with E-state index in [2.05, 4.69) is 26.1 Å². The standard InChI is InChI=1S/C13H13BrN2O4/c1-3-20-12-10(19-2)5-4-7(14)11(12)8-6-9(13(17)18)16-15-8/h4-6H,3H2,1-2H3,(H,15,16)(H,17,18). The normalized spacial score (nSPS) is 10.3. The number of rotatable bonds is 5. The first kappa shape index (κ1) is 14.4. The van der Waals surface area contributed by atoms with Gasteiger partial charge in [-0.3, -0.25) is 5.10 Å². The Morgan fingerprint density at radius 1 is 1.50 bits per heavy atom. The summed E-state index contributed by atoms with van der Waals surface area (Å²) in [6.45, 7) is 2.31. The number of halogens is 1. The zero-order valence-corrected chi connectivity index (χ0v) is 12.5. The topological polar surface area (TPSA) is 84.4 Å². The van der Waals surface area contributed by atoms with Crippen molar-refractivity contribution in [2.24, 2.45) is 0 Å². The fraction of sp³-hybridized carbons (Fsp3) is 0.231. The predicted octanol–water partition coefficient (Wildman–Crippen LogP) is 2.94. The van der Waals surface area contributed by atoms with Crippen molar-refractivity contribution in [1.29, 1.82) is 0 Å². The Morgan fingerprint density at radius 3 is 2.80 bits per heavy atom. The van der Waals surface area contributed by atoms with Gasteiger partial charge in [0.1, 0.15) is 5.69 Å². The number of hydrogen-bond donors (Lipinski definition) is 2. The average molecular weight is 341 g/mol. The van der Waals surface area contributed by atoms with E-state index in [-0.39, 0.29) is 5.69 Å². The molecule has 106 valence electrons. The van der Waals surface area contributed by atoms with E-state index in [9.17, 15) is 4.79 Å². The highest BCUT2D eigenvalue weighted by Crippen LogP contribution is 2.42. The lowest BCUT2D eigenvalue weighted by Gasteiger charge is -2.14. The molecule has 2 aromatic rings. The van der Waals surface area contributed by atoms with Crippen LogP contribution in [0, 0.1) is 0 Å². The minimum Gasteiger partial charge on any atom is -0.493 e. The number of nitrogens with one attached hydrogen (secondary N) is 1. The molecule has 0 saturated heterocycles. The Kier molecular flexibility index (Phi) is 4.29. The number of methoxy groups -OCH3 is 1. The lowest BCUT2D eigenvalue weighted by Crippen LogP contribution is -1.98. The van der Waals surface area contributed by atoms with Crippen molar-refractivity contribution in [3.05, 3.63) is 28.4 Å². The number of benzene rings is 1. The molecule has 0 aliphatic carbocycles. The highest BCUT2D eigenvalue weighted by Gasteiger charge is 2.19. The molecule has 0 bridgehead atoms. The number of H-pyrrole nitrogens is 1. The van der Waals surface area contributed by atoms with Crippen LogP contribution in [0.2, 0.25) is 0 Å². The van der Waals surface area contributed by atoms with Crippen LogP contribution < -0.4 is 9.47 Å². The fourth-order valence-corrected chi connectivity index (χ4v) is 2.30. The first-order chi connectivity index (χ1) is 9.58. The number of carboxylic acids is 1. The van der Waals surface area contributed by atoms with Crippen LogP contribution in [0.1, 0.15) is 17.4 Å². The molecule has 0 fully saturated rings. The summed E-state index contributed by atoms with van der Waals surface area (Å²) in [6.07, 6.45) is 0. The van der Waals surface area contributed by atoms with E-state index >= 15 is 0 Å². The molecular formula is C13H13BrN2O4. The average Bonchev–Trinajstić information content (AvgIpc) is 2.89. The molecule has 0 saturated carbocycles. The molecule has 7 heteroatoms. The number of hydrogen-bond acceptors (Lipinski definition) is 4. The Morgan fingerprint density at radius 2 is 2.25 bits per heavy atom. The minimum atomic E-state index is -1.07. The monoisotopic (exact) mass is 340 g/mol. The van der Waals surface area contributed by atoms with Crippen molar-refractivity contribution in [1.82, 2.24) is 10.2 Å². The zero-order chi connectivity index (χ0) is 14.7. The molecule has 0 radical (unpaired) electrons. The van der Waals surface area contributed by atoms with Crippen LogP contribution in [0.25, 0.3) is 11.3 Å². The molecule has 0 atom stereocenters. The maximum absolute atomic E-state index is 10.9. The van der Waals surface area contributed by atoms with E-state index < -0.39 is 5.97 Å². The smallest absolute Gasteiger partial charge is 0.353 e. The van der Waals surface area contributed by atoms with E-state index in [0.717, 1.165) is 4.47 Å². The summed E-state index contributed by atoms with van der Waals surface area (Å²) in [7, 11) is 1.54. The van der Waals surface area contributed by atoms with Crippen LogP contribution in [0.5, 0.6) is 11.5 Å². The fourth-order valence-electron chi connectivity index (χ4n) is 1.79. The molecule has 2 N–H and O–H groups in total. The lowest BCUT2D eigenvalue weighted by molar-refractivity contribution is 0.0690. The summed E-state index contributed by atoms with van der Waals surface area (Å²) in [4.78, 5) is 10.9. The number of carboxylic acid groups (broad SMARTS) is 1. The van der Waals surface area contributed by atoms with Gasteiger partial charge in [-0.2, -0.15) is 5.10 Å². The Labute approximate surface area is 123 Å². The highest BCUT2D eigenvalue weighted by molar-refractivity contribution is 9.10. The van der Waals surface area contributed by atoms with Crippen LogP contribution in [0.3, 0.4) is 0 Å². The molecule has 1 aromatic heterocycles. The number of aromatic amines is 1. The van der Waals surface area contributed by atoms with E-state index in [1.807, 2.05) is 6.92 Å². The first-order valence-electron chi connectivity index (χ1n) is 5.86. The van der Waals surface area contributed by atoms with Gasteiger partial charge in [0.05, 0.1) is 25.0 Å². The zero-order valence-electron chi connectivity index (χ0n) is 10.9. The van der Waals surface area contributed by atoms with Crippen LogP contribution in [-0.2, 0) is 0 Å². The molecule has 0 amide bonds. The molecule has 6 nitrogen and oxygen atoms in total. The van der Waals surface area contributed by atoms with Gasteiger partial charge in [0, 0.05) is 4.47 Å². The van der Waals surface area contributed by atoms with Gasteiger partial charge in [-0.15, -0.1) is 0 Å². The summed E-state index contributed by atoms with van der Waals surface area (Å²) in [6, 6.07) is 5.01. The predicted molar refractivity (Wildman–Crippen MR) is 76.4 cm³/mol. The van der Waals surface area contributed by atoms with Crippen molar-refractivity contribution in [3.8, 4) is 22.8 Å². The molecule has 1 heterocycles. The maximum Gasteiger partial charge on any atom is 0.353 e. The molecule has 0 aliphatic heterocycles. The molecule has 0 aliphatic rings. The second-order valence-electron chi connectivity index (χ2n) is 3.86. The van der Waals surface area contributed by atoms with Crippen molar-refractivity contribution >= 4 is 21.9 Å². The van der Waals surface area contributed by atoms with E-state index in [4.69, 9.17) is 14.6 Å². The second-order valence-corrected chi connectivity index (χ2v) is 4.71. The Balaban J connectivity index is 2.60.